The van der Waals surface area contributed by atoms with Crippen molar-refractivity contribution in [3.8, 4) is 0 Å². The maximum Gasteiger partial charge on any atom is 0.244 e. The molecule has 0 radical (unpaired) electrons. The van der Waals surface area contributed by atoms with Gasteiger partial charge in [0.05, 0.1) is 19.4 Å². The Bertz CT molecular complexity index is 971. The first-order chi connectivity index (χ1) is 14.5. The standard InChI is InChI=1S/C22H28FN3O3S/c1-17-11-22(25-9-7-19(12-23)14-25)24-13-21(17)30(27,28)26-10-8-20(15-26)29-16-18-5-3-2-4-6-18/h2-6,11,13,19-20H,7-10,12,14-16H2,1H3. The minimum atomic E-state index is -3.63. The van der Waals surface area contributed by atoms with Gasteiger partial charge < -0.3 is 9.64 Å². The van der Waals surface area contributed by atoms with E-state index in [0.717, 1.165) is 18.5 Å². The van der Waals surface area contributed by atoms with Crippen LogP contribution in [0.1, 0.15) is 24.0 Å². The molecule has 8 heteroatoms. The van der Waals surface area contributed by atoms with Gasteiger partial charge in [-0.2, -0.15) is 4.31 Å². The van der Waals surface area contributed by atoms with Crippen molar-refractivity contribution >= 4 is 15.8 Å². The largest absolute Gasteiger partial charge is 0.372 e. The van der Waals surface area contributed by atoms with Gasteiger partial charge >= 0.3 is 0 Å². The van der Waals surface area contributed by atoms with Crippen LogP contribution >= 0.6 is 0 Å². The van der Waals surface area contributed by atoms with E-state index in [-0.39, 0.29) is 23.6 Å². The van der Waals surface area contributed by atoms with Crippen LogP contribution in [0.25, 0.3) is 0 Å². The van der Waals surface area contributed by atoms with Crippen LogP contribution in [-0.4, -0.2) is 56.7 Å². The maximum absolute atomic E-state index is 13.2. The van der Waals surface area contributed by atoms with Gasteiger partial charge in [0.2, 0.25) is 10.0 Å². The van der Waals surface area contributed by atoms with E-state index < -0.39 is 10.0 Å². The number of nitrogens with zero attached hydrogens (tertiary/aromatic N) is 3. The number of pyridine rings is 1. The normalized spacial score (nSPS) is 22.7. The molecule has 162 valence electrons. The Labute approximate surface area is 177 Å². The second-order valence-electron chi connectivity index (χ2n) is 8.13. The zero-order valence-electron chi connectivity index (χ0n) is 17.2. The number of aromatic nitrogens is 1. The quantitative estimate of drug-likeness (QED) is 0.671. The molecule has 2 unspecified atom stereocenters. The molecule has 0 saturated carbocycles. The third-order valence-corrected chi connectivity index (χ3v) is 7.93. The molecule has 1 aromatic heterocycles. The molecule has 2 atom stereocenters. The number of anilines is 1. The van der Waals surface area contributed by atoms with Crippen molar-refractivity contribution in [2.45, 2.75) is 37.4 Å². The molecular weight excluding hydrogens is 405 g/mol. The van der Waals surface area contributed by atoms with Crippen molar-refractivity contribution in [1.29, 1.82) is 0 Å². The Morgan fingerprint density at radius 3 is 2.67 bits per heavy atom. The molecular formula is C22H28FN3O3S. The fraction of sp³-hybridized carbons (Fsp3) is 0.500. The minimum absolute atomic E-state index is 0.0351. The molecule has 0 spiro atoms. The average Bonchev–Trinajstić information content (AvgIpc) is 3.43. The van der Waals surface area contributed by atoms with Crippen LogP contribution in [0.5, 0.6) is 0 Å². The number of alkyl halides is 1. The Morgan fingerprint density at radius 1 is 1.17 bits per heavy atom. The van der Waals surface area contributed by atoms with Gasteiger partial charge in [0.1, 0.15) is 10.7 Å². The molecule has 30 heavy (non-hydrogen) atoms. The molecule has 3 heterocycles. The number of sulfonamides is 1. The third-order valence-electron chi connectivity index (χ3n) is 5.93. The summed E-state index contributed by atoms with van der Waals surface area (Å²) in [5, 5.41) is 0. The van der Waals surface area contributed by atoms with Gasteiger partial charge in [-0.15, -0.1) is 0 Å². The van der Waals surface area contributed by atoms with Crippen molar-refractivity contribution in [1.82, 2.24) is 9.29 Å². The summed E-state index contributed by atoms with van der Waals surface area (Å²) in [6.45, 7) is 4.10. The SMILES string of the molecule is Cc1cc(N2CCC(CF)C2)ncc1S(=O)(=O)N1CCC(OCc2ccccc2)C1. The van der Waals surface area contributed by atoms with Crippen LogP contribution < -0.4 is 4.90 Å². The molecule has 4 rings (SSSR count). The first-order valence-electron chi connectivity index (χ1n) is 10.4. The summed E-state index contributed by atoms with van der Waals surface area (Å²) in [6, 6.07) is 11.7. The number of rotatable bonds is 7. The van der Waals surface area contributed by atoms with Gasteiger partial charge in [0.15, 0.2) is 0 Å². The molecule has 1 aromatic carbocycles. The highest BCUT2D eigenvalue weighted by atomic mass is 32.2. The summed E-state index contributed by atoms with van der Waals surface area (Å²) in [7, 11) is -3.63. The number of hydrogen-bond acceptors (Lipinski definition) is 5. The van der Waals surface area contributed by atoms with Crippen molar-refractivity contribution in [3.05, 3.63) is 53.7 Å². The van der Waals surface area contributed by atoms with E-state index in [0.29, 0.717) is 44.0 Å². The van der Waals surface area contributed by atoms with Gasteiger partial charge in [0, 0.05) is 38.3 Å². The molecule has 2 fully saturated rings. The van der Waals surface area contributed by atoms with Gasteiger partial charge in [-0.1, -0.05) is 30.3 Å². The predicted octanol–water partition coefficient (Wildman–Crippen LogP) is 3.17. The van der Waals surface area contributed by atoms with Gasteiger partial charge in [-0.3, -0.25) is 4.39 Å². The second-order valence-corrected chi connectivity index (χ2v) is 10.0. The van der Waals surface area contributed by atoms with E-state index in [1.807, 2.05) is 35.2 Å². The lowest BCUT2D eigenvalue weighted by atomic mass is 10.1. The van der Waals surface area contributed by atoms with Crippen LogP contribution in [0.15, 0.2) is 47.5 Å². The van der Waals surface area contributed by atoms with Crippen molar-refractivity contribution in [3.63, 3.8) is 0 Å². The van der Waals surface area contributed by atoms with Gasteiger partial charge in [0.25, 0.3) is 0 Å². The van der Waals surface area contributed by atoms with Crippen molar-refractivity contribution in [2.24, 2.45) is 5.92 Å². The summed E-state index contributed by atoms with van der Waals surface area (Å²) < 4.78 is 46.7. The highest BCUT2D eigenvalue weighted by Crippen LogP contribution is 2.28. The van der Waals surface area contributed by atoms with Crippen molar-refractivity contribution in [2.75, 3.05) is 37.8 Å². The van der Waals surface area contributed by atoms with E-state index in [2.05, 4.69) is 4.98 Å². The van der Waals surface area contributed by atoms with Gasteiger partial charge in [-0.25, -0.2) is 13.4 Å². The van der Waals surface area contributed by atoms with Crippen LogP contribution in [0.4, 0.5) is 10.2 Å². The molecule has 0 amide bonds. The zero-order chi connectivity index (χ0) is 21.1. The van der Waals surface area contributed by atoms with E-state index in [4.69, 9.17) is 4.74 Å². The summed E-state index contributed by atoms with van der Waals surface area (Å²) in [4.78, 5) is 6.65. The van der Waals surface area contributed by atoms with E-state index >= 15 is 0 Å². The maximum atomic E-state index is 13.2. The predicted molar refractivity (Wildman–Crippen MR) is 114 cm³/mol. The lowest BCUT2D eigenvalue weighted by molar-refractivity contribution is 0.0509. The minimum Gasteiger partial charge on any atom is -0.372 e. The molecule has 0 bridgehead atoms. The number of halogens is 1. The molecule has 0 aliphatic carbocycles. The molecule has 0 N–H and O–H groups in total. The first-order valence-corrected chi connectivity index (χ1v) is 11.8. The molecule has 2 saturated heterocycles. The lowest BCUT2D eigenvalue weighted by Gasteiger charge is -2.21. The number of aryl methyl sites for hydroxylation is 1. The second kappa shape index (κ2) is 8.99. The Balaban J connectivity index is 1.41. The summed E-state index contributed by atoms with van der Waals surface area (Å²) in [5.41, 5.74) is 1.74. The fourth-order valence-corrected chi connectivity index (χ4v) is 5.76. The van der Waals surface area contributed by atoms with Crippen LogP contribution in [0, 0.1) is 12.8 Å². The van der Waals surface area contributed by atoms with E-state index in [1.165, 1.54) is 10.5 Å². The first kappa shape index (κ1) is 21.2. The molecule has 2 aliphatic rings. The highest BCUT2D eigenvalue weighted by molar-refractivity contribution is 7.89. The Hall–Kier alpha value is -2.03. The smallest absolute Gasteiger partial charge is 0.244 e. The van der Waals surface area contributed by atoms with Crippen LogP contribution in [-0.2, 0) is 21.4 Å². The number of ether oxygens (including phenoxy) is 1. The number of benzene rings is 1. The topological polar surface area (TPSA) is 62.7 Å². The fourth-order valence-electron chi connectivity index (χ4n) is 4.12. The highest BCUT2D eigenvalue weighted by Gasteiger charge is 2.34. The molecule has 2 aromatic rings. The van der Waals surface area contributed by atoms with Gasteiger partial charge in [-0.05, 0) is 37.0 Å². The monoisotopic (exact) mass is 433 g/mol. The Kier molecular flexibility index (Phi) is 6.36. The lowest BCUT2D eigenvalue weighted by Crippen LogP contribution is -2.31. The molecule has 2 aliphatic heterocycles. The third kappa shape index (κ3) is 4.50. The molecule has 6 nitrogen and oxygen atoms in total. The zero-order valence-corrected chi connectivity index (χ0v) is 18.0. The van der Waals surface area contributed by atoms with E-state index in [9.17, 15) is 12.8 Å². The van der Waals surface area contributed by atoms with Crippen LogP contribution in [0.2, 0.25) is 0 Å². The van der Waals surface area contributed by atoms with Crippen molar-refractivity contribution < 1.29 is 17.5 Å². The summed E-state index contributed by atoms with van der Waals surface area (Å²) in [5.74, 6) is 0.751. The number of hydrogen-bond donors (Lipinski definition) is 0. The average molecular weight is 434 g/mol. The summed E-state index contributed by atoms with van der Waals surface area (Å²) in [6.07, 6.45) is 2.81. The summed E-state index contributed by atoms with van der Waals surface area (Å²) >= 11 is 0. The van der Waals surface area contributed by atoms with E-state index in [1.54, 1.807) is 13.0 Å². The Morgan fingerprint density at radius 2 is 1.97 bits per heavy atom. The van der Waals surface area contributed by atoms with Crippen LogP contribution in [0.3, 0.4) is 0 Å².